The quantitative estimate of drug-likeness (QED) is 0.544. The first-order valence-corrected chi connectivity index (χ1v) is 7.79. The van der Waals surface area contributed by atoms with Gasteiger partial charge < -0.3 is 0 Å². The SMILES string of the molecule is Cc1ccc2c(c1)nc(C(C)Cl)n2-c1ccc(F)c(Br)c1. The van der Waals surface area contributed by atoms with Gasteiger partial charge in [0.05, 0.1) is 20.9 Å². The summed E-state index contributed by atoms with van der Waals surface area (Å²) in [5.74, 6) is 0.454. The number of hydrogen-bond donors (Lipinski definition) is 0. The van der Waals surface area contributed by atoms with E-state index in [-0.39, 0.29) is 11.2 Å². The van der Waals surface area contributed by atoms with Crippen LogP contribution in [0.5, 0.6) is 0 Å². The lowest BCUT2D eigenvalue weighted by atomic mass is 10.2. The fourth-order valence-electron chi connectivity index (χ4n) is 2.37. The van der Waals surface area contributed by atoms with Crippen LogP contribution in [0.25, 0.3) is 16.7 Å². The van der Waals surface area contributed by atoms with Gasteiger partial charge in [0.15, 0.2) is 0 Å². The smallest absolute Gasteiger partial charge is 0.137 e. The van der Waals surface area contributed by atoms with Crippen LogP contribution in [0.2, 0.25) is 0 Å². The molecule has 3 rings (SSSR count). The molecule has 1 heterocycles. The van der Waals surface area contributed by atoms with Gasteiger partial charge in [0.1, 0.15) is 11.6 Å². The maximum atomic E-state index is 13.5. The molecule has 2 aromatic carbocycles. The standard InChI is InChI=1S/C16H13BrClFN2/c1-9-3-6-15-14(7-9)20-16(10(2)18)21(15)11-4-5-13(19)12(17)8-11/h3-8,10H,1-2H3. The molecule has 0 aliphatic carbocycles. The van der Waals surface area contributed by atoms with E-state index in [0.29, 0.717) is 4.47 Å². The van der Waals surface area contributed by atoms with Gasteiger partial charge in [-0.3, -0.25) is 4.57 Å². The van der Waals surface area contributed by atoms with E-state index >= 15 is 0 Å². The highest BCUT2D eigenvalue weighted by Gasteiger charge is 2.17. The molecule has 5 heteroatoms. The van der Waals surface area contributed by atoms with E-state index in [1.54, 1.807) is 12.1 Å². The van der Waals surface area contributed by atoms with Gasteiger partial charge in [-0.1, -0.05) is 6.07 Å². The highest BCUT2D eigenvalue weighted by Crippen LogP contribution is 2.30. The van der Waals surface area contributed by atoms with Gasteiger partial charge in [0, 0.05) is 5.69 Å². The Morgan fingerprint density at radius 1 is 1.24 bits per heavy atom. The number of fused-ring (bicyclic) bond motifs is 1. The molecule has 0 aliphatic rings. The van der Waals surface area contributed by atoms with Crippen molar-refractivity contribution in [3.63, 3.8) is 0 Å². The normalized spacial score (nSPS) is 12.8. The summed E-state index contributed by atoms with van der Waals surface area (Å²) in [6.07, 6.45) is 0. The van der Waals surface area contributed by atoms with Crippen molar-refractivity contribution < 1.29 is 4.39 Å². The molecule has 0 saturated carbocycles. The van der Waals surface area contributed by atoms with Crippen LogP contribution in [0.3, 0.4) is 0 Å². The Labute approximate surface area is 135 Å². The van der Waals surface area contributed by atoms with Crippen molar-refractivity contribution >= 4 is 38.6 Å². The molecule has 1 atom stereocenters. The van der Waals surface area contributed by atoms with Crippen LogP contribution in [-0.4, -0.2) is 9.55 Å². The number of nitrogens with zero attached hydrogens (tertiary/aromatic N) is 2. The third kappa shape index (κ3) is 2.58. The molecule has 0 N–H and O–H groups in total. The summed E-state index contributed by atoms with van der Waals surface area (Å²) in [6, 6.07) is 11.0. The van der Waals surface area contributed by atoms with Crippen LogP contribution in [0.15, 0.2) is 40.9 Å². The maximum Gasteiger partial charge on any atom is 0.137 e. The lowest BCUT2D eigenvalue weighted by Crippen LogP contribution is -2.02. The predicted molar refractivity (Wildman–Crippen MR) is 87.7 cm³/mol. The highest BCUT2D eigenvalue weighted by molar-refractivity contribution is 9.10. The first kappa shape index (κ1) is 14.5. The lowest BCUT2D eigenvalue weighted by Gasteiger charge is -2.11. The number of halogens is 3. The van der Waals surface area contributed by atoms with E-state index < -0.39 is 0 Å². The molecule has 3 aromatic rings. The van der Waals surface area contributed by atoms with E-state index in [2.05, 4.69) is 20.9 Å². The van der Waals surface area contributed by atoms with Crippen molar-refractivity contribution in [1.29, 1.82) is 0 Å². The summed E-state index contributed by atoms with van der Waals surface area (Å²) < 4.78 is 15.9. The number of alkyl halides is 1. The Balaban J connectivity index is 2.33. The van der Waals surface area contributed by atoms with E-state index in [0.717, 1.165) is 28.1 Å². The average molecular weight is 368 g/mol. The van der Waals surface area contributed by atoms with Gasteiger partial charge in [0.25, 0.3) is 0 Å². The summed E-state index contributed by atoms with van der Waals surface area (Å²) in [7, 11) is 0. The first-order valence-electron chi connectivity index (χ1n) is 6.56. The third-order valence-electron chi connectivity index (χ3n) is 3.35. The minimum Gasteiger partial charge on any atom is -0.295 e. The number of aryl methyl sites for hydroxylation is 1. The fourth-order valence-corrected chi connectivity index (χ4v) is 2.88. The summed E-state index contributed by atoms with van der Waals surface area (Å²) in [5.41, 5.74) is 3.82. The number of benzene rings is 2. The highest BCUT2D eigenvalue weighted by atomic mass is 79.9. The number of aromatic nitrogens is 2. The molecule has 0 fully saturated rings. The Bertz CT molecular complexity index is 827. The predicted octanol–water partition coefficient (Wildman–Crippen LogP) is 5.54. The summed E-state index contributed by atoms with van der Waals surface area (Å²) in [5, 5.41) is -0.249. The second-order valence-electron chi connectivity index (χ2n) is 5.01. The second-order valence-corrected chi connectivity index (χ2v) is 6.52. The van der Waals surface area contributed by atoms with Crippen LogP contribution >= 0.6 is 27.5 Å². The number of rotatable bonds is 2. The van der Waals surface area contributed by atoms with Crippen molar-refractivity contribution in [2.24, 2.45) is 0 Å². The average Bonchev–Trinajstić information content (AvgIpc) is 2.80. The maximum absolute atomic E-state index is 13.5. The van der Waals surface area contributed by atoms with Gasteiger partial charge in [-0.05, 0) is 65.7 Å². The summed E-state index contributed by atoms with van der Waals surface area (Å²) >= 11 is 9.50. The zero-order valence-corrected chi connectivity index (χ0v) is 13.9. The molecular formula is C16H13BrClFN2. The van der Waals surface area contributed by atoms with Crippen LogP contribution < -0.4 is 0 Å². The molecule has 2 nitrogen and oxygen atoms in total. The molecule has 0 amide bonds. The Kier molecular flexibility index (Phi) is 3.76. The van der Waals surface area contributed by atoms with Crippen molar-refractivity contribution in [3.05, 3.63) is 58.1 Å². The second kappa shape index (κ2) is 5.43. The summed E-state index contributed by atoms with van der Waals surface area (Å²) in [6.45, 7) is 3.90. The Hall–Kier alpha value is -1.39. The van der Waals surface area contributed by atoms with Gasteiger partial charge in [-0.25, -0.2) is 9.37 Å². The van der Waals surface area contributed by atoms with Crippen LogP contribution in [0.1, 0.15) is 23.7 Å². The lowest BCUT2D eigenvalue weighted by molar-refractivity contribution is 0.620. The topological polar surface area (TPSA) is 17.8 Å². The molecule has 1 aromatic heterocycles. The first-order chi connectivity index (χ1) is 9.97. The molecule has 0 aliphatic heterocycles. The molecule has 1 unspecified atom stereocenters. The van der Waals surface area contributed by atoms with Crippen LogP contribution in [0, 0.1) is 12.7 Å². The molecule has 0 bridgehead atoms. The largest absolute Gasteiger partial charge is 0.295 e. The monoisotopic (exact) mass is 366 g/mol. The van der Waals surface area contributed by atoms with Gasteiger partial charge in [-0.2, -0.15) is 0 Å². The Morgan fingerprint density at radius 2 is 2.00 bits per heavy atom. The van der Waals surface area contributed by atoms with Gasteiger partial charge in [-0.15, -0.1) is 11.6 Å². The van der Waals surface area contributed by atoms with E-state index in [1.807, 2.05) is 36.6 Å². The van der Waals surface area contributed by atoms with E-state index in [4.69, 9.17) is 11.6 Å². The molecule has 21 heavy (non-hydrogen) atoms. The van der Waals surface area contributed by atoms with Crippen molar-refractivity contribution in [2.45, 2.75) is 19.2 Å². The minimum atomic E-state index is -0.292. The molecule has 0 saturated heterocycles. The fraction of sp³-hybridized carbons (Fsp3) is 0.188. The van der Waals surface area contributed by atoms with Crippen LogP contribution in [-0.2, 0) is 0 Å². The zero-order valence-electron chi connectivity index (χ0n) is 11.6. The van der Waals surface area contributed by atoms with Crippen molar-refractivity contribution in [1.82, 2.24) is 9.55 Å². The van der Waals surface area contributed by atoms with E-state index in [9.17, 15) is 4.39 Å². The zero-order chi connectivity index (χ0) is 15.1. The number of hydrogen-bond acceptors (Lipinski definition) is 1. The van der Waals surface area contributed by atoms with Crippen molar-refractivity contribution in [3.8, 4) is 5.69 Å². The van der Waals surface area contributed by atoms with Crippen molar-refractivity contribution in [2.75, 3.05) is 0 Å². The number of imidazole rings is 1. The third-order valence-corrected chi connectivity index (χ3v) is 4.16. The minimum absolute atomic E-state index is 0.249. The van der Waals surface area contributed by atoms with Gasteiger partial charge >= 0.3 is 0 Å². The van der Waals surface area contributed by atoms with Crippen LogP contribution in [0.4, 0.5) is 4.39 Å². The summed E-state index contributed by atoms with van der Waals surface area (Å²) in [4.78, 5) is 4.62. The molecule has 0 radical (unpaired) electrons. The van der Waals surface area contributed by atoms with Gasteiger partial charge in [0.2, 0.25) is 0 Å². The molecule has 0 spiro atoms. The molecule has 108 valence electrons. The molecular weight excluding hydrogens is 355 g/mol. The Morgan fingerprint density at radius 3 is 2.67 bits per heavy atom. The van der Waals surface area contributed by atoms with E-state index in [1.165, 1.54) is 6.07 Å².